The van der Waals surface area contributed by atoms with Crippen molar-refractivity contribution < 1.29 is 9.90 Å². The average Bonchev–Trinajstić information content (AvgIpc) is 2.95. The van der Waals surface area contributed by atoms with Crippen molar-refractivity contribution in [2.45, 2.75) is 50.2 Å². The SMILES string of the molecule is O=C(NC1CCCC1)C1(O)Cc2ccccc2C1. The van der Waals surface area contributed by atoms with Crippen LogP contribution in [0.1, 0.15) is 36.8 Å². The number of fused-ring (bicyclic) bond motifs is 1. The van der Waals surface area contributed by atoms with E-state index in [1.807, 2.05) is 24.3 Å². The van der Waals surface area contributed by atoms with Gasteiger partial charge in [0.2, 0.25) is 0 Å². The Hall–Kier alpha value is -1.35. The predicted octanol–water partition coefficient (Wildman–Crippen LogP) is 1.58. The second-order valence-electron chi connectivity index (χ2n) is 5.61. The van der Waals surface area contributed by atoms with Gasteiger partial charge in [-0.05, 0) is 24.0 Å². The highest BCUT2D eigenvalue weighted by molar-refractivity contribution is 5.87. The van der Waals surface area contributed by atoms with Gasteiger partial charge in [-0.3, -0.25) is 4.79 Å². The number of hydrogen-bond donors (Lipinski definition) is 2. The summed E-state index contributed by atoms with van der Waals surface area (Å²) in [5, 5.41) is 13.5. The van der Waals surface area contributed by atoms with Gasteiger partial charge in [-0.2, -0.15) is 0 Å². The molecule has 0 spiro atoms. The van der Waals surface area contributed by atoms with Crippen LogP contribution in [0.15, 0.2) is 24.3 Å². The molecule has 1 amide bonds. The molecule has 0 unspecified atom stereocenters. The number of benzene rings is 1. The van der Waals surface area contributed by atoms with E-state index in [0.29, 0.717) is 12.8 Å². The molecule has 0 atom stereocenters. The summed E-state index contributed by atoms with van der Waals surface area (Å²) in [7, 11) is 0. The predicted molar refractivity (Wildman–Crippen MR) is 69.2 cm³/mol. The second-order valence-corrected chi connectivity index (χ2v) is 5.61. The smallest absolute Gasteiger partial charge is 0.252 e. The second kappa shape index (κ2) is 4.39. The fourth-order valence-electron chi connectivity index (χ4n) is 3.15. The number of aliphatic hydroxyl groups is 1. The van der Waals surface area contributed by atoms with Gasteiger partial charge in [0.1, 0.15) is 0 Å². The summed E-state index contributed by atoms with van der Waals surface area (Å²) < 4.78 is 0. The maximum atomic E-state index is 12.2. The van der Waals surface area contributed by atoms with Crippen molar-refractivity contribution in [1.29, 1.82) is 0 Å². The molecule has 0 radical (unpaired) electrons. The average molecular weight is 245 g/mol. The standard InChI is InChI=1S/C15H19NO2/c17-14(16-13-7-3-4-8-13)15(18)9-11-5-1-2-6-12(11)10-15/h1-2,5-6,13,18H,3-4,7-10H2,(H,16,17). The molecule has 96 valence electrons. The maximum absolute atomic E-state index is 12.2. The highest BCUT2D eigenvalue weighted by Crippen LogP contribution is 2.30. The number of hydrogen-bond acceptors (Lipinski definition) is 2. The third-order valence-electron chi connectivity index (χ3n) is 4.20. The van der Waals surface area contributed by atoms with Gasteiger partial charge in [-0.25, -0.2) is 0 Å². The quantitative estimate of drug-likeness (QED) is 0.831. The molecule has 1 saturated carbocycles. The molecule has 1 aromatic rings. The monoisotopic (exact) mass is 245 g/mol. The first-order valence-corrected chi connectivity index (χ1v) is 6.77. The van der Waals surface area contributed by atoms with E-state index in [0.717, 1.165) is 24.0 Å². The van der Waals surface area contributed by atoms with Crippen LogP contribution >= 0.6 is 0 Å². The molecule has 0 heterocycles. The van der Waals surface area contributed by atoms with Crippen LogP contribution in [-0.2, 0) is 17.6 Å². The van der Waals surface area contributed by atoms with Gasteiger partial charge < -0.3 is 10.4 Å². The van der Waals surface area contributed by atoms with Crippen LogP contribution in [0.2, 0.25) is 0 Å². The van der Waals surface area contributed by atoms with Crippen LogP contribution in [0.4, 0.5) is 0 Å². The van der Waals surface area contributed by atoms with E-state index in [-0.39, 0.29) is 11.9 Å². The van der Waals surface area contributed by atoms with Crippen molar-refractivity contribution in [2.75, 3.05) is 0 Å². The van der Waals surface area contributed by atoms with E-state index in [9.17, 15) is 9.90 Å². The van der Waals surface area contributed by atoms with Gasteiger partial charge in [-0.15, -0.1) is 0 Å². The Labute approximate surface area is 107 Å². The molecule has 0 bridgehead atoms. The molecule has 2 aliphatic rings. The molecule has 0 aliphatic heterocycles. The summed E-state index contributed by atoms with van der Waals surface area (Å²) in [6.07, 6.45) is 5.36. The zero-order valence-electron chi connectivity index (χ0n) is 10.5. The molecular formula is C15H19NO2. The summed E-state index contributed by atoms with van der Waals surface area (Å²) in [6, 6.07) is 8.18. The molecule has 3 rings (SSSR count). The lowest BCUT2D eigenvalue weighted by Crippen LogP contribution is -2.50. The van der Waals surface area contributed by atoms with Crippen molar-refractivity contribution in [3.8, 4) is 0 Å². The number of rotatable bonds is 2. The summed E-state index contributed by atoms with van der Waals surface area (Å²) >= 11 is 0. The summed E-state index contributed by atoms with van der Waals surface area (Å²) in [6.45, 7) is 0. The van der Waals surface area contributed by atoms with Crippen LogP contribution in [0.5, 0.6) is 0 Å². The van der Waals surface area contributed by atoms with Gasteiger partial charge >= 0.3 is 0 Å². The minimum Gasteiger partial charge on any atom is -0.379 e. The van der Waals surface area contributed by atoms with Crippen molar-refractivity contribution in [1.82, 2.24) is 5.32 Å². The number of carbonyl (C=O) groups is 1. The van der Waals surface area contributed by atoms with Crippen LogP contribution in [0, 0.1) is 0 Å². The number of carbonyl (C=O) groups excluding carboxylic acids is 1. The molecule has 1 fully saturated rings. The Balaban J connectivity index is 1.71. The van der Waals surface area contributed by atoms with Crippen molar-refractivity contribution in [3.05, 3.63) is 35.4 Å². The zero-order chi connectivity index (χ0) is 12.6. The minimum absolute atomic E-state index is 0.189. The van der Waals surface area contributed by atoms with Gasteiger partial charge in [0, 0.05) is 18.9 Å². The van der Waals surface area contributed by atoms with Gasteiger partial charge in [0.25, 0.3) is 5.91 Å². The highest BCUT2D eigenvalue weighted by Gasteiger charge is 2.42. The Bertz CT molecular complexity index is 438. The number of nitrogens with one attached hydrogen (secondary N) is 1. The van der Waals surface area contributed by atoms with Crippen molar-refractivity contribution >= 4 is 5.91 Å². The van der Waals surface area contributed by atoms with E-state index in [1.54, 1.807) is 0 Å². The molecule has 18 heavy (non-hydrogen) atoms. The van der Waals surface area contributed by atoms with Crippen LogP contribution in [-0.4, -0.2) is 22.7 Å². The maximum Gasteiger partial charge on any atom is 0.252 e. The molecule has 3 nitrogen and oxygen atoms in total. The van der Waals surface area contributed by atoms with E-state index in [4.69, 9.17) is 0 Å². The fourth-order valence-corrected chi connectivity index (χ4v) is 3.15. The molecule has 1 aromatic carbocycles. The molecule has 0 saturated heterocycles. The Morgan fingerprint density at radius 3 is 2.28 bits per heavy atom. The van der Waals surface area contributed by atoms with Crippen molar-refractivity contribution in [2.24, 2.45) is 0 Å². The first-order chi connectivity index (χ1) is 8.67. The minimum atomic E-state index is -1.23. The lowest BCUT2D eigenvalue weighted by atomic mass is 9.99. The first-order valence-electron chi connectivity index (χ1n) is 6.77. The highest BCUT2D eigenvalue weighted by atomic mass is 16.3. The molecule has 2 N–H and O–H groups in total. The molecule has 0 aromatic heterocycles. The third-order valence-corrected chi connectivity index (χ3v) is 4.20. The Morgan fingerprint density at radius 1 is 1.17 bits per heavy atom. The summed E-state index contributed by atoms with van der Waals surface area (Å²) in [5.41, 5.74) is 0.967. The topological polar surface area (TPSA) is 49.3 Å². The molecular weight excluding hydrogens is 226 g/mol. The van der Waals surface area contributed by atoms with Gasteiger partial charge in [0.05, 0.1) is 0 Å². The summed E-state index contributed by atoms with van der Waals surface area (Å²) in [4.78, 5) is 12.2. The lowest BCUT2D eigenvalue weighted by molar-refractivity contribution is -0.139. The normalized spacial score (nSPS) is 21.8. The van der Waals surface area contributed by atoms with Crippen molar-refractivity contribution in [3.63, 3.8) is 0 Å². The number of amides is 1. The molecule has 2 aliphatic carbocycles. The van der Waals surface area contributed by atoms with Crippen LogP contribution in [0.25, 0.3) is 0 Å². The fraction of sp³-hybridized carbons (Fsp3) is 0.533. The molecule has 3 heteroatoms. The first kappa shape index (κ1) is 11.7. The van der Waals surface area contributed by atoms with Gasteiger partial charge in [0.15, 0.2) is 5.60 Å². The Kier molecular flexibility index (Phi) is 2.86. The lowest BCUT2D eigenvalue weighted by Gasteiger charge is -2.23. The van der Waals surface area contributed by atoms with E-state index < -0.39 is 5.60 Å². The van der Waals surface area contributed by atoms with Gasteiger partial charge in [-0.1, -0.05) is 37.1 Å². The summed E-state index contributed by atoms with van der Waals surface area (Å²) in [5.74, 6) is -0.189. The van der Waals surface area contributed by atoms with Crippen LogP contribution in [0.3, 0.4) is 0 Å². The Morgan fingerprint density at radius 2 is 1.72 bits per heavy atom. The largest absolute Gasteiger partial charge is 0.379 e. The van der Waals surface area contributed by atoms with E-state index in [1.165, 1.54) is 12.8 Å². The van der Waals surface area contributed by atoms with Crippen LogP contribution < -0.4 is 5.32 Å². The zero-order valence-corrected chi connectivity index (χ0v) is 10.5. The third kappa shape index (κ3) is 2.03. The van der Waals surface area contributed by atoms with E-state index in [2.05, 4.69) is 5.32 Å². The van der Waals surface area contributed by atoms with E-state index >= 15 is 0 Å².